The van der Waals surface area contributed by atoms with Gasteiger partial charge >= 0.3 is 0 Å². The molecule has 5 rings (SSSR count). The highest BCUT2D eigenvalue weighted by Crippen LogP contribution is 2.37. The molecule has 6 nitrogen and oxygen atoms in total. The van der Waals surface area contributed by atoms with Gasteiger partial charge in [0, 0.05) is 24.6 Å². The van der Waals surface area contributed by atoms with E-state index in [1.807, 2.05) is 43.3 Å². The van der Waals surface area contributed by atoms with Crippen LogP contribution in [0.3, 0.4) is 0 Å². The number of hydrogen-bond donors (Lipinski definition) is 1. The van der Waals surface area contributed by atoms with E-state index >= 15 is 0 Å². The average molecular weight is 463 g/mol. The van der Waals surface area contributed by atoms with E-state index in [2.05, 4.69) is 20.3 Å². The second-order valence-corrected chi connectivity index (χ2v) is 8.01. The monoisotopic (exact) mass is 463 g/mol. The number of hydrogen-bond acceptors (Lipinski definition) is 6. The first-order chi connectivity index (χ1) is 16.4. The first kappa shape index (κ1) is 21.7. The van der Waals surface area contributed by atoms with Crippen LogP contribution in [0.5, 0.6) is 5.75 Å². The molecule has 0 radical (unpaired) electrons. The number of aryl methyl sites for hydroxylation is 1. The summed E-state index contributed by atoms with van der Waals surface area (Å²) in [6, 6.07) is 13.2. The third-order valence-corrected chi connectivity index (χ3v) is 5.70. The van der Waals surface area contributed by atoms with Gasteiger partial charge in [-0.05, 0) is 60.0 Å². The highest BCUT2D eigenvalue weighted by molar-refractivity contribution is 5.68. The number of fused-ring (bicyclic) bond motifs is 1. The third-order valence-electron chi connectivity index (χ3n) is 5.70. The van der Waals surface area contributed by atoms with E-state index in [0.717, 1.165) is 34.6 Å². The van der Waals surface area contributed by atoms with Gasteiger partial charge in [0.2, 0.25) is 5.95 Å². The summed E-state index contributed by atoms with van der Waals surface area (Å²) in [6.07, 6.45) is 3.32. The lowest BCUT2D eigenvalue weighted by molar-refractivity contribution is 0.264. The molecule has 2 aromatic carbocycles. The highest BCUT2D eigenvalue weighted by atomic mass is 19.2. The Kier molecular flexibility index (Phi) is 5.53. The molecule has 1 atom stereocenters. The molecule has 0 saturated carbocycles. The van der Waals surface area contributed by atoms with Crippen LogP contribution in [0.25, 0.3) is 11.1 Å². The lowest BCUT2D eigenvalue weighted by atomic mass is 10.0. The molecule has 0 fully saturated rings. The van der Waals surface area contributed by atoms with E-state index in [0.29, 0.717) is 17.5 Å². The first-order valence-corrected chi connectivity index (χ1v) is 10.6. The van der Waals surface area contributed by atoms with Crippen molar-refractivity contribution in [3.8, 4) is 16.9 Å². The number of aromatic nitrogens is 3. The van der Waals surface area contributed by atoms with Gasteiger partial charge in [-0.15, -0.1) is 0 Å². The number of ether oxygens (including phenoxy) is 1. The van der Waals surface area contributed by atoms with Gasteiger partial charge in [-0.2, -0.15) is 4.98 Å². The molecular formula is C25H20F3N5O. The molecule has 172 valence electrons. The van der Waals surface area contributed by atoms with Crippen molar-refractivity contribution in [2.75, 3.05) is 23.9 Å². The van der Waals surface area contributed by atoms with Gasteiger partial charge in [0.15, 0.2) is 29.0 Å². The minimum atomic E-state index is -1.50. The molecule has 2 aromatic heterocycles. The van der Waals surface area contributed by atoms with Gasteiger partial charge in [0.1, 0.15) is 6.61 Å². The Labute approximate surface area is 194 Å². The van der Waals surface area contributed by atoms with Crippen molar-refractivity contribution in [2.45, 2.75) is 13.0 Å². The number of rotatable bonds is 4. The van der Waals surface area contributed by atoms with Crippen LogP contribution in [-0.2, 0) is 0 Å². The summed E-state index contributed by atoms with van der Waals surface area (Å²) >= 11 is 0. The maximum Gasteiger partial charge on any atom is 0.229 e. The zero-order chi connectivity index (χ0) is 23.8. The van der Waals surface area contributed by atoms with Gasteiger partial charge in [0.05, 0.1) is 12.2 Å². The smallest absolute Gasteiger partial charge is 0.229 e. The zero-order valence-corrected chi connectivity index (χ0v) is 18.4. The predicted molar refractivity (Wildman–Crippen MR) is 123 cm³/mol. The third kappa shape index (κ3) is 4.12. The summed E-state index contributed by atoms with van der Waals surface area (Å²) in [6.45, 7) is 2.06. The number of nitrogens with zero attached hydrogens (tertiary/aromatic N) is 4. The summed E-state index contributed by atoms with van der Waals surface area (Å²) in [5.74, 6) is -2.77. The minimum absolute atomic E-state index is 0.111. The maximum atomic E-state index is 13.8. The molecule has 1 unspecified atom stereocenters. The number of nitrogens with one attached hydrogen (secondary N) is 1. The molecule has 0 bridgehead atoms. The fraction of sp³-hybridized carbons (Fsp3) is 0.160. The molecule has 34 heavy (non-hydrogen) atoms. The van der Waals surface area contributed by atoms with E-state index in [9.17, 15) is 13.2 Å². The van der Waals surface area contributed by atoms with Crippen molar-refractivity contribution in [3.05, 3.63) is 89.6 Å². The Morgan fingerprint density at radius 1 is 0.971 bits per heavy atom. The molecule has 0 spiro atoms. The highest BCUT2D eigenvalue weighted by Gasteiger charge is 2.29. The van der Waals surface area contributed by atoms with Crippen LogP contribution in [0.15, 0.2) is 60.9 Å². The van der Waals surface area contributed by atoms with Crippen molar-refractivity contribution in [3.63, 3.8) is 0 Å². The summed E-state index contributed by atoms with van der Waals surface area (Å²) in [4.78, 5) is 14.8. The molecule has 1 aliphatic heterocycles. The van der Waals surface area contributed by atoms with E-state index in [1.165, 1.54) is 6.20 Å². The van der Waals surface area contributed by atoms with Crippen molar-refractivity contribution in [1.82, 2.24) is 15.0 Å². The number of anilines is 3. The van der Waals surface area contributed by atoms with Gasteiger partial charge in [0.25, 0.3) is 0 Å². The van der Waals surface area contributed by atoms with Gasteiger partial charge in [-0.3, -0.25) is 4.98 Å². The van der Waals surface area contributed by atoms with E-state index in [1.54, 1.807) is 18.1 Å². The largest absolute Gasteiger partial charge is 0.486 e. The predicted octanol–water partition coefficient (Wildman–Crippen LogP) is 5.58. The topological polar surface area (TPSA) is 63.2 Å². The first-order valence-electron chi connectivity index (χ1n) is 10.6. The van der Waals surface area contributed by atoms with Crippen molar-refractivity contribution in [2.24, 2.45) is 0 Å². The SMILES string of the molecule is Cc1cc(-c2ccc(Nc3ncc4c(n3)N(C)C(c3cc(F)c(F)c(F)c3)CO4)cc2)ccn1. The normalized spacial score (nSPS) is 15.0. The van der Waals surface area contributed by atoms with Gasteiger partial charge in [-0.1, -0.05) is 12.1 Å². The number of pyridine rings is 1. The van der Waals surface area contributed by atoms with Gasteiger partial charge < -0.3 is 15.0 Å². The molecule has 1 N–H and O–H groups in total. The Bertz CT molecular complexity index is 1340. The Morgan fingerprint density at radius 3 is 2.41 bits per heavy atom. The molecular weight excluding hydrogens is 443 g/mol. The summed E-state index contributed by atoms with van der Waals surface area (Å²) in [7, 11) is 1.73. The van der Waals surface area contributed by atoms with E-state index in [4.69, 9.17) is 4.74 Å². The fourth-order valence-corrected chi connectivity index (χ4v) is 3.89. The lowest BCUT2D eigenvalue weighted by Crippen LogP contribution is -2.34. The van der Waals surface area contributed by atoms with Crippen LogP contribution in [0, 0.1) is 24.4 Å². The van der Waals surface area contributed by atoms with Gasteiger partial charge in [-0.25, -0.2) is 18.2 Å². The van der Waals surface area contributed by atoms with E-state index < -0.39 is 23.5 Å². The van der Waals surface area contributed by atoms with Crippen LogP contribution in [0.1, 0.15) is 17.3 Å². The molecule has 1 aliphatic rings. The fourth-order valence-electron chi connectivity index (χ4n) is 3.89. The second-order valence-electron chi connectivity index (χ2n) is 8.01. The number of likely N-dealkylation sites (N-methyl/N-ethyl adjacent to an activating group) is 1. The molecule has 0 saturated heterocycles. The van der Waals surface area contributed by atoms with Crippen LogP contribution >= 0.6 is 0 Å². The Balaban J connectivity index is 1.37. The molecule has 9 heteroatoms. The molecule has 3 heterocycles. The summed E-state index contributed by atoms with van der Waals surface area (Å²) in [5.41, 5.74) is 4.10. The quantitative estimate of drug-likeness (QED) is 0.399. The zero-order valence-electron chi connectivity index (χ0n) is 18.4. The van der Waals surface area contributed by atoms with E-state index in [-0.39, 0.29) is 12.2 Å². The van der Waals surface area contributed by atoms with Crippen molar-refractivity contribution >= 4 is 17.5 Å². The Hall–Kier alpha value is -4.14. The van der Waals surface area contributed by atoms with Crippen molar-refractivity contribution < 1.29 is 17.9 Å². The minimum Gasteiger partial charge on any atom is -0.486 e. The number of benzene rings is 2. The second kappa shape index (κ2) is 8.66. The van der Waals surface area contributed by atoms with Crippen molar-refractivity contribution in [1.29, 1.82) is 0 Å². The standard InChI is InChI=1S/C25H20F3N5O/c1-14-9-16(7-8-29-14)15-3-5-18(6-4-15)31-25-30-12-22-24(32-25)33(2)21(13-34-22)17-10-19(26)23(28)20(27)11-17/h3-12,21H,13H2,1-2H3,(H,30,31,32). The summed E-state index contributed by atoms with van der Waals surface area (Å²) < 4.78 is 46.6. The molecule has 0 aliphatic carbocycles. The Morgan fingerprint density at radius 2 is 1.71 bits per heavy atom. The average Bonchev–Trinajstić information content (AvgIpc) is 2.83. The van der Waals surface area contributed by atoms with Crippen LogP contribution in [0.2, 0.25) is 0 Å². The lowest BCUT2D eigenvalue weighted by Gasteiger charge is -2.35. The van der Waals surface area contributed by atoms with Crippen LogP contribution in [-0.4, -0.2) is 28.6 Å². The molecule has 4 aromatic rings. The van der Waals surface area contributed by atoms with Crippen LogP contribution < -0.4 is 15.0 Å². The van der Waals surface area contributed by atoms with Crippen LogP contribution in [0.4, 0.5) is 30.6 Å². The maximum absolute atomic E-state index is 13.8. The summed E-state index contributed by atoms with van der Waals surface area (Å²) in [5, 5.41) is 3.16. The number of halogens is 3. The molecule has 0 amide bonds.